The van der Waals surface area contributed by atoms with E-state index in [9.17, 15) is 9.59 Å². The van der Waals surface area contributed by atoms with Crippen LogP contribution in [0, 0.1) is 0 Å². The highest BCUT2D eigenvalue weighted by atomic mass is 79.9. The molecule has 0 heterocycles. The highest BCUT2D eigenvalue weighted by Gasteiger charge is 2.38. The normalized spacial score (nSPS) is 18.1. The van der Waals surface area contributed by atoms with Gasteiger partial charge in [0.2, 0.25) is 0 Å². The van der Waals surface area contributed by atoms with Crippen LogP contribution in [-0.2, 0) is 0 Å². The fraction of sp³-hybridized carbons (Fsp3) is 0.0667. The van der Waals surface area contributed by atoms with Crippen LogP contribution in [0.2, 0.25) is 0 Å². The topological polar surface area (TPSA) is 34.1 Å². The first-order chi connectivity index (χ1) is 10.4. The van der Waals surface area contributed by atoms with Gasteiger partial charge in [0.15, 0.2) is 11.6 Å². The molecule has 2 aromatic rings. The van der Waals surface area contributed by atoms with Gasteiger partial charge in [0.05, 0.1) is 5.48 Å². The number of rotatable bonds is 1. The number of ketones is 2. The van der Waals surface area contributed by atoms with E-state index in [1.165, 1.54) is 12.1 Å². The Morgan fingerprint density at radius 1 is 0.944 bits per heavy atom. The molecule has 88 valence electrons. The SMILES string of the molecule is [2H]c1c([2H])c(C2C(=O)c3ccccc3C2=O)c([2H])c([2H])c1Br. The molecule has 2 nitrogen and oxygen atoms in total. The lowest BCUT2D eigenvalue weighted by Crippen LogP contribution is -2.12. The summed E-state index contributed by atoms with van der Waals surface area (Å²) in [6.07, 6.45) is 0. The molecule has 0 unspecified atom stereocenters. The predicted octanol–water partition coefficient (Wildman–Crippen LogP) is 3.61. The van der Waals surface area contributed by atoms with Crippen LogP contribution in [-0.4, -0.2) is 11.6 Å². The maximum Gasteiger partial charge on any atom is 0.178 e. The summed E-state index contributed by atoms with van der Waals surface area (Å²) in [5, 5.41) is 0. The highest BCUT2D eigenvalue weighted by Crippen LogP contribution is 2.34. The average Bonchev–Trinajstić information content (AvgIpc) is 2.77. The van der Waals surface area contributed by atoms with Crippen molar-refractivity contribution in [3.63, 3.8) is 0 Å². The van der Waals surface area contributed by atoms with E-state index in [1.807, 2.05) is 0 Å². The van der Waals surface area contributed by atoms with Crippen molar-refractivity contribution < 1.29 is 15.1 Å². The van der Waals surface area contributed by atoms with Gasteiger partial charge in [-0.15, -0.1) is 0 Å². The Morgan fingerprint density at radius 2 is 1.44 bits per heavy atom. The van der Waals surface area contributed by atoms with Gasteiger partial charge in [-0.05, 0) is 17.6 Å². The van der Waals surface area contributed by atoms with Gasteiger partial charge < -0.3 is 0 Å². The van der Waals surface area contributed by atoms with E-state index >= 15 is 0 Å². The number of carbonyl (C=O) groups excluding carboxylic acids is 2. The second kappa shape index (κ2) is 4.18. The van der Waals surface area contributed by atoms with Crippen LogP contribution < -0.4 is 0 Å². The van der Waals surface area contributed by atoms with Gasteiger partial charge in [-0.3, -0.25) is 9.59 Å². The molecular formula is C15H9BrO2. The van der Waals surface area contributed by atoms with Gasteiger partial charge in [-0.1, -0.05) is 52.3 Å². The van der Waals surface area contributed by atoms with Gasteiger partial charge in [-0.2, -0.15) is 0 Å². The maximum absolute atomic E-state index is 12.5. The van der Waals surface area contributed by atoms with Gasteiger partial charge in [0, 0.05) is 15.6 Å². The summed E-state index contributed by atoms with van der Waals surface area (Å²) in [7, 11) is 0. The summed E-state index contributed by atoms with van der Waals surface area (Å²) in [5.41, 5.74) is 0.360. The first kappa shape index (κ1) is 7.64. The van der Waals surface area contributed by atoms with Crippen molar-refractivity contribution in [1.29, 1.82) is 0 Å². The zero-order valence-electron chi connectivity index (χ0n) is 13.1. The second-order valence-corrected chi connectivity index (χ2v) is 4.73. The monoisotopic (exact) mass is 304 g/mol. The Bertz CT molecular complexity index is 784. The molecule has 0 saturated heterocycles. The van der Waals surface area contributed by atoms with E-state index in [0.29, 0.717) is 0 Å². The molecular weight excluding hydrogens is 292 g/mol. The minimum absolute atomic E-state index is 0.0154. The highest BCUT2D eigenvalue weighted by molar-refractivity contribution is 9.10. The molecule has 0 aliphatic heterocycles. The minimum Gasteiger partial charge on any atom is -0.293 e. The Balaban J connectivity index is 2.27. The first-order valence-electron chi connectivity index (χ1n) is 7.29. The Kier molecular flexibility index (Phi) is 1.77. The number of carbonyl (C=O) groups is 2. The number of fused-ring (bicyclic) bond motifs is 1. The quantitative estimate of drug-likeness (QED) is 0.754. The van der Waals surface area contributed by atoms with Gasteiger partial charge in [0.1, 0.15) is 5.92 Å². The van der Waals surface area contributed by atoms with Crippen LogP contribution in [0.15, 0.2) is 52.9 Å². The molecule has 0 saturated carbocycles. The zero-order chi connectivity index (χ0) is 16.2. The van der Waals surface area contributed by atoms with Crippen molar-refractivity contribution in [2.24, 2.45) is 0 Å². The summed E-state index contributed by atoms with van der Waals surface area (Å²) < 4.78 is 31.7. The average molecular weight is 305 g/mol. The molecule has 1 aliphatic rings. The van der Waals surface area contributed by atoms with Crippen molar-refractivity contribution >= 4 is 27.5 Å². The van der Waals surface area contributed by atoms with Gasteiger partial charge >= 0.3 is 0 Å². The number of halogens is 1. The van der Waals surface area contributed by atoms with Crippen LogP contribution in [0.4, 0.5) is 0 Å². The molecule has 2 aromatic carbocycles. The fourth-order valence-corrected chi connectivity index (χ4v) is 2.25. The Labute approximate surface area is 118 Å². The molecule has 3 heteroatoms. The molecule has 0 aromatic heterocycles. The lowest BCUT2D eigenvalue weighted by molar-refractivity contribution is 0.0890. The van der Waals surface area contributed by atoms with E-state index in [2.05, 4.69) is 15.9 Å². The van der Waals surface area contributed by atoms with Gasteiger partial charge in [0.25, 0.3) is 0 Å². The summed E-state index contributed by atoms with van der Waals surface area (Å²) >= 11 is 3.00. The van der Waals surface area contributed by atoms with Crippen LogP contribution in [0.5, 0.6) is 0 Å². The third kappa shape index (κ3) is 1.63. The summed E-state index contributed by atoms with van der Waals surface area (Å²) in [4.78, 5) is 25.0. The van der Waals surface area contributed by atoms with Crippen molar-refractivity contribution in [3.8, 4) is 0 Å². The molecule has 0 spiro atoms. The third-order valence-electron chi connectivity index (χ3n) is 2.88. The van der Waals surface area contributed by atoms with Crippen molar-refractivity contribution in [3.05, 3.63) is 69.6 Å². The standard InChI is InChI=1S/C15H9BrO2/c16-10-7-5-9(6-8-10)13-14(17)11-3-1-2-4-12(11)15(13)18/h1-8,13H/i5D,6D,7D,8D. The lowest BCUT2D eigenvalue weighted by atomic mass is 9.94. The van der Waals surface area contributed by atoms with Crippen molar-refractivity contribution in [2.45, 2.75) is 5.92 Å². The smallest absolute Gasteiger partial charge is 0.178 e. The van der Waals surface area contributed by atoms with E-state index in [4.69, 9.17) is 5.48 Å². The first-order valence-corrected chi connectivity index (χ1v) is 6.08. The molecule has 0 atom stereocenters. The predicted molar refractivity (Wildman–Crippen MR) is 72.0 cm³/mol. The molecule has 1 aliphatic carbocycles. The second-order valence-electron chi connectivity index (χ2n) is 3.93. The number of benzene rings is 2. The summed E-state index contributed by atoms with van der Waals surface area (Å²) in [6, 6.07) is 5.02. The minimum atomic E-state index is -1.31. The number of hydrogen-bond donors (Lipinski definition) is 0. The molecule has 0 amide bonds. The molecule has 0 radical (unpaired) electrons. The summed E-state index contributed by atoms with van der Waals surface area (Å²) in [6.45, 7) is 0. The van der Waals surface area contributed by atoms with Crippen LogP contribution in [0.25, 0.3) is 0 Å². The molecule has 0 bridgehead atoms. The molecule has 3 rings (SSSR count). The van der Waals surface area contributed by atoms with Crippen LogP contribution >= 0.6 is 15.9 Å². The third-order valence-corrected chi connectivity index (χ3v) is 3.28. The van der Waals surface area contributed by atoms with E-state index in [1.54, 1.807) is 12.1 Å². The van der Waals surface area contributed by atoms with Gasteiger partial charge in [-0.25, -0.2) is 0 Å². The molecule has 0 fully saturated rings. The molecule has 18 heavy (non-hydrogen) atoms. The van der Waals surface area contributed by atoms with E-state index < -0.39 is 17.5 Å². The Hall–Kier alpha value is -1.74. The maximum atomic E-state index is 12.5. The summed E-state index contributed by atoms with van der Waals surface area (Å²) in [5.74, 6) is -2.27. The fourth-order valence-electron chi connectivity index (χ4n) is 2.06. The zero-order valence-corrected chi connectivity index (χ0v) is 10.7. The van der Waals surface area contributed by atoms with E-state index in [0.717, 1.165) is 0 Å². The van der Waals surface area contributed by atoms with Crippen molar-refractivity contribution in [1.82, 2.24) is 0 Å². The lowest BCUT2D eigenvalue weighted by Gasteiger charge is -2.06. The molecule has 0 N–H and O–H groups in total. The Morgan fingerprint density at radius 3 is 1.94 bits per heavy atom. The van der Waals surface area contributed by atoms with Crippen LogP contribution in [0.1, 0.15) is 37.7 Å². The van der Waals surface area contributed by atoms with Crippen LogP contribution in [0.3, 0.4) is 0 Å². The number of hydrogen-bond acceptors (Lipinski definition) is 2. The van der Waals surface area contributed by atoms with Crippen molar-refractivity contribution in [2.75, 3.05) is 0 Å². The number of Topliss-reactive ketones (excluding diaryl/α,β-unsaturated/α-hetero) is 2. The van der Waals surface area contributed by atoms with E-state index in [-0.39, 0.29) is 45.3 Å². The largest absolute Gasteiger partial charge is 0.293 e.